The Bertz CT molecular complexity index is 1350. The minimum absolute atomic E-state index is 0.0153. The van der Waals surface area contributed by atoms with Crippen LogP contribution < -0.4 is 11.1 Å². The number of amides is 3. The van der Waals surface area contributed by atoms with Gasteiger partial charge in [-0.25, -0.2) is 5.01 Å². The van der Waals surface area contributed by atoms with Crippen LogP contribution in [0.25, 0.3) is 0 Å². The molecule has 2 aromatic rings. The van der Waals surface area contributed by atoms with E-state index in [2.05, 4.69) is 15.4 Å². The van der Waals surface area contributed by atoms with Crippen LogP contribution in [0.4, 0.5) is 13.2 Å². The number of halogens is 4. The first kappa shape index (κ1) is 31.4. The summed E-state index contributed by atoms with van der Waals surface area (Å²) in [5.41, 5.74) is 4.03. The van der Waals surface area contributed by atoms with Gasteiger partial charge in [0, 0.05) is 24.2 Å². The van der Waals surface area contributed by atoms with Crippen molar-refractivity contribution in [3.8, 4) is 0 Å². The summed E-state index contributed by atoms with van der Waals surface area (Å²) in [6.45, 7) is 2.86. The average molecular weight is 609 g/mol. The molecule has 1 aromatic carbocycles. The number of rotatable bonds is 9. The number of hydrogen-bond donors (Lipinski definition) is 2. The Hall–Kier alpha value is -3.55. The maximum absolute atomic E-state index is 14.0. The van der Waals surface area contributed by atoms with Crippen LogP contribution in [-0.4, -0.2) is 81.8 Å². The van der Waals surface area contributed by atoms with Gasteiger partial charge in [0.1, 0.15) is 12.6 Å². The molecule has 4 rings (SSSR count). The van der Waals surface area contributed by atoms with E-state index in [1.807, 2.05) is 0 Å². The summed E-state index contributed by atoms with van der Waals surface area (Å²) < 4.78 is 45.9. The summed E-state index contributed by atoms with van der Waals surface area (Å²) in [5, 5.41) is 7.66. The molecule has 0 bridgehead atoms. The fourth-order valence-electron chi connectivity index (χ4n) is 5.16. The van der Waals surface area contributed by atoms with E-state index in [-0.39, 0.29) is 37.6 Å². The summed E-state index contributed by atoms with van der Waals surface area (Å²) in [6.07, 6.45) is -3.25. The van der Waals surface area contributed by atoms with Gasteiger partial charge in [-0.1, -0.05) is 29.8 Å². The van der Waals surface area contributed by atoms with E-state index in [9.17, 15) is 27.6 Å². The molecule has 10 nitrogen and oxygen atoms in total. The van der Waals surface area contributed by atoms with E-state index in [0.717, 1.165) is 5.56 Å². The molecule has 3 amide bonds. The molecule has 0 saturated carbocycles. The smallest absolute Gasteiger partial charge is 0.374 e. The second-order valence-corrected chi connectivity index (χ2v) is 11.3. The van der Waals surface area contributed by atoms with Crippen LogP contribution in [0.15, 0.2) is 53.8 Å². The third kappa shape index (κ3) is 6.42. The zero-order chi connectivity index (χ0) is 30.9. The van der Waals surface area contributed by atoms with Crippen molar-refractivity contribution in [3.05, 3.63) is 64.9 Å². The number of carbonyl (C=O) groups is 3. The van der Waals surface area contributed by atoms with Crippen molar-refractivity contribution < 1.29 is 32.3 Å². The summed E-state index contributed by atoms with van der Waals surface area (Å²) in [6, 6.07) is 9.42. The molecular formula is C28H32ClF3N6O4. The molecule has 3 atom stereocenters. The first-order valence-corrected chi connectivity index (χ1v) is 13.6. The number of hydrogen-bond acceptors (Lipinski definition) is 7. The largest absolute Gasteiger partial charge is 0.408 e. The van der Waals surface area contributed by atoms with Crippen LogP contribution in [0.1, 0.15) is 38.4 Å². The lowest BCUT2D eigenvalue weighted by Gasteiger charge is -2.46. The topological polar surface area (TPSA) is 130 Å². The number of nitrogens with two attached hydrogens (primary N) is 1. The van der Waals surface area contributed by atoms with Gasteiger partial charge in [0.2, 0.25) is 11.8 Å². The van der Waals surface area contributed by atoms with Gasteiger partial charge >= 0.3 is 6.18 Å². The summed E-state index contributed by atoms with van der Waals surface area (Å²) in [4.78, 5) is 46.3. The monoisotopic (exact) mass is 608 g/mol. The lowest BCUT2D eigenvalue weighted by molar-refractivity contribution is -0.163. The molecule has 2 aliphatic rings. The Kier molecular flexibility index (Phi) is 8.95. The number of piperidine rings is 1. The Morgan fingerprint density at radius 1 is 1.21 bits per heavy atom. The van der Waals surface area contributed by atoms with E-state index >= 15 is 0 Å². The molecule has 3 N–H and O–H groups in total. The minimum atomic E-state index is -4.69. The summed E-state index contributed by atoms with van der Waals surface area (Å²) in [5.74, 6) is -2.13. The molecule has 1 fully saturated rings. The van der Waals surface area contributed by atoms with Gasteiger partial charge in [-0.3, -0.25) is 19.4 Å². The Morgan fingerprint density at radius 2 is 1.90 bits per heavy atom. The number of likely N-dealkylation sites (tertiary alicyclic amines) is 1. The predicted molar refractivity (Wildman–Crippen MR) is 148 cm³/mol. The quantitative estimate of drug-likeness (QED) is 0.450. The van der Waals surface area contributed by atoms with Crippen molar-refractivity contribution in [1.29, 1.82) is 0 Å². The molecule has 1 unspecified atom stereocenters. The van der Waals surface area contributed by atoms with E-state index in [0.29, 0.717) is 10.0 Å². The zero-order valence-corrected chi connectivity index (χ0v) is 24.1. The number of ether oxygens (including phenoxy) is 1. The van der Waals surface area contributed by atoms with Gasteiger partial charge in [-0.2, -0.15) is 18.3 Å². The number of fused-ring (bicyclic) bond motifs is 1. The van der Waals surface area contributed by atoms with Gasteiger partial charge in [-0.15, -0.1) is 0 Å². The normalized spacial score (nSPS) is 21.6. The van der Waals surface area contributed by atoms with Gasteiger partial charge in [0.25, 0.3) is 5.91 Å². The van der Waals surface area contributed by atoms with Crippen LogP contribution in [0.3, 0.4) is 0 Å². The summed E-state index contributed by atoms with van der Waals surface area (Å²) in [7, 11) is 0. The molecule has 0 radical (unpaired) electrons. The highest BCUT2D eigenvalue weighted by Crippen LogP contribution is 2.43. The second-order valence-electron chi connectivity index (χ2n) is 10.9. The van der Waals surface area contributed by atoms with Crippen molar-refractivity contribution in [2.75, 3.05) is 19.7 Å². The minimum Gasteiger partial charge on any atom is -0.374 e. The molecule has 14 heteroatoms. The lowest BCUT2D eigenvalue weighted by Crippen LogP contribution is -2.66. The highest BCUT2D eigenvalue weighted by molar-refractivity contribution is 6.30. The number of pyridine rings is 1. The van der Waals surface area contributed by atoms with Crippen LogP contribution in [0.5, 0.6) is 0 Å². The van der Waals surface area contributed by atoms with Crippen molar-refractivity contribution in [1.82, 2.24) is 20.2 Å². The molecule has 42 heavy (non-hydrogen) atoms. The number of hydrazone groups is 1. The SMILES string of the molecule is CC1N(C(=O)[C@@H](COCc2ccc(Cl)cc2)NC(=O)C(C)(C)N)CCC2=NN(CC(F)(F)F)C(=O)[C@@]21c1ccccn1. The number of alkyl halides is 3. The van der Waals surface area contributed by atoms with E-state index < -0.39 is 53.5 Å². The fourth-order valence-corrected chi connectivity index (χ4v) is 5.28. The van der Waals surface area contributed by atoms with Gasteiger partial charge in [0.05, 0.1) is 36.2 Å². The highest BCUT2D eigenvalue weighted by atomic mass is 35.5. The summed E-state index contributed by atoms with van der Waals surface area (Å²) >= 11 is 5.94. The average Bonchev–Trinajstić information content (AvgIpc) is 3.20. The Labute approximate surface area is 246 Å². The van der Waals surface area contributed by atoms with Crippen molar-refractivity contribution in [2.24, 2.45) is 10.8 Å². The van der Waals surface area contributed by atoms with Gasteiger partial charge in [0.15, 0.2) is 5.41 Å². The number of carbonyl (C=O) groups excluding carboxylic acids is 3. The molecule has 226 valence electrons. The third-order valence-electron chi connectivity index (χ3n) is 7.29. The Morgan fingerprint density at radius 3 is 2.50 bits per heavy atom. The molecule has 0 aliphatic carbocycles. The van der Waals surface area contributed by atoms with E-state index in [4.69, 9.17) is 22.1 Å². The van der Waals surface area contributed by atoms with Crippen LogP contribution in [0, 0.1) is 0 Å². The maximum Gasteiger partial charge on any atom is 0.408 e. The molecule has 0 spiro atoms. The number of nitrogens with one attached hydrogen (secondary N) is 1. The van der Waals surface area contributed by atoms with Crippen LogP contribution in [0.2, 0.25) is 5.02 Å². The lowest BCUT2D eigenvalue weighted by atomic mass is 9.69. The molecular weight excluding hydrogens is 577 g/mol. The zero-order valence-electron chi connectivity index (χ0n) is 23.3. The highest BCUT2D eigenvalue weighted by Gasteiger charge is 2.62. The van der Waals surface area contributed by atoms with Crippen molar-refractivity contribution in [3.63, 3.8) is 0 Å². The third-order valence-corrected chi connectivity index (χ3v) is 7.54. The molecule has 1 saturated heterocycles. The van der Waals surface area contributed by atoms with E-state index in [1.54, 1.807) is 43.3 Å². The standard InChI is InChI=1S/C28H32ClF3N6O4/c1-17-28(21-6-4-5-12-34-21)22(36-38(25(28)41)16-27(30,31)32)11-13-37(17)23(39)20(35-24(40)26(2,3)33)15-42-14-18-7-9-19(29)10-8-18/h4-10,12,17,20H,11,13-16,33H2,1-3H3,(H,35,40)/t17?,20-,28+/m1/s1. The number of benzene rings is 1. The predicted octanol–water partition coefficient (Wildman–Crippen LogP) is 2.79. The van der Waals surface area contributed by atoms with Crippen molar-refractivity contribution >= 4 is 35.0 Å². The fraction of sp³-hybridized carbons (Fsp3) is 0.464. The van der Waals surface area contributed by atoms with Crippen LogP contribution in [-0.2, 0) is 31.1 Å². The van der Waals surface area contributed by atoms with E-state index in [1.165, 1.54) is 31.0 Å². The van der Waals surface area contributed by atoms with Gasteiger partial charge < -0.3 is 20.7 Å². The second kappa shape index (κ2) is 12.0. The first-order valence-electron chi connectivity index (χ1n) is 13.2. The number of nitrogens with zero attached hydrogens (tertiary/aromatic N) is 4. The number of aromatic nitrogens is 1. The maximum atomic E-state index is 14.0. The molecule has 1 aromatic heterocycles. The van der Waals surface area contributed by atoms with Crippen molar-refractivity contribution in [2.45, 2.75) is 63.0 Å². The first-order chi connectivity index (χ1) is 19.6. The van der Waals surface area contributed by atoms with Crippen LogP contribution >= 0.6 is 11.6 Å². The Balaban J connectivity index is 1.64. The molecule has 2 aliphatic heterocycles. The molecule has 3 heterocycles. The van der Waals surface area contributed by atoms with Gasteiger partial charge in [-0.05, 0) is 50.6 Å².